The van der Waals surface area contributed by atoms with Gasteiger partial charge in [-0.05, 0) is 82.3 Å². The van der Waals surface area contributed by atoms with Gasteiger partial charge in [0.1, 0.15) is 5.00 Å². The molecule has 0 bridgehead atoms. The average molecular weight is 431 g/mol. The lowest BCUT2D eigenvalue weighted by Crippen LogP contribution is -2.31. The van der Waals surface area contributed by atoms with E-state index >= 15 is 0 Å². The molecule has 0 amide bonds. The summed E-state index contributed by atoms with van der Waals surface area (Å²) in [6.45, 7) is 8.52. The first kappa shape index (κ1) is 21.8. The van der Waals surface area contributed by atoms with E-state index in [9.17, 15) is 4.79 Å². The van der Waals surface area contributed by atoms with Crippen molar-refractivity contribution in [3.63, 3.8) is 0 Å². The van der Waals surface area contributed by atoms with Crippen LogP contribution in [0, 0.1) is 13.8 Å². The summed E-state index contributed by atoms with van der Waals surface area (Å²) in [5.41, 5.74) is 5.53. The SMILES string of the molecule is CCOC(=O)c1c(NC(=S)NC(C)c2ccc(C)cc2C)sc2c1CCCCC2. The number of rotatable bonds is 5. The van der Waals surface area contributed by atoms with Gasteiger partial charge < -0.3 is 15.4 Å². The summed E-state index contributed by atoms with van der Waals surface area (Å²) < 4.78 is 5.36. The van der Waals surface area contributed by atoms with Gasteiger partial charge >= 0.3 is 5.97 Å². The van der Waals surface area contributed by atoms with Crippen molar-refractivity contribution in [2.75, 3.05) is 11.9 Å². The molecule has 0 saturated heterocycles. The number of hydrogen-bond acceptors (Lipinski definition) is 4. The van der Waals surface area contributed by atoms with E-state index in [4.69, 9.17) is 17.0 Å². The second-order valence-electron chi connectivity index (χ2n) is 7.67. The van der Waals surface area contributed by atoms with E-state index < -0.39 is 0 Å². The van der Waals surface area contributed by atoms with Crippen LogP contribution in [0.3, 0.4) is 0 Å². The van der Waals surface area contributed by atoms with Crippen LogP contribution in [-0.2, 0) is 17.6 Å². The molecule has 0 spiro atoms. The Morgan fingerprint density at radius 3 is 2.72 bits per heavy atom. The smallest absolute Gasteiger partial charge is 0.341 e. The Hall–Kier alpha value is -1.92. The number of thiophene rings is 1. The minimum Gasteiger partial charge on any atom is -0.462 e. The number of carbonyl (C=O) groups is 1. The Kier molecular flexibility index (Phi) is 7.30. The number of carbonyl (C=O) groups excluding carboxylic acids is 1. The molecule has 0 fully saturated rings. The van der Waals surface area contributed by atoms with Crippen molar-refractivity contribution in [2.24, 2.45) is 0 Å². The summed E-state index contributed by atoms with van der Waals surface area (Å²) in [6.07, 6.45) is 5.44. The molecule has 156 valence electrons. The van der Waals surface area contributed by atoms with E-state index in [-0.39, 0.29) is 12.0 Å². The predicted molar refractivity (Wildman–Crippen MR) is 125 cm³/mol. The van der Waals surface area contributed by atoms with Crippen LogP contribution >= 0.6 is 23.6 Å². The highest BCUT2D eigenvalue weighted by atomic mass is 32.1. The normalized spacial score (nSPS) is 14.5. The molecule has 1 aromatic heterocycles. The van der Waals surface area contributed by atoms with Gasteiger partial charge in [0, 0.05) is 4.88 Å². The molecule has 2 aromatic rings. The standard InChI is InChI=1S/C23H30N2O2S2/c1-5-27-22(26)20-18-9-7-6-8-10-19(18)29-21(20)25-23(28)24-16(4)17-12-11-14(2)13-15(17)3/h11-13,16H,5-10H2,1-4H3,(H2,24,25,28). The Bertz CT molecular complexity index is 905. The van der Waals surface area contributed by atoms with Crippen molar-refractivity contribution in [1.82, 2.24) is 5.32 Å². The summed E-state index contributed by atoms with van der Waals surface area (Å²) in [7, 11) is 0. The Labute approximate surface area is 183 Å². The molecule has 0 radical (unpaired) electrons. The van der Waals surface area contributed by atoms with Crippen LogP contribution < -0.4 is 10.6 Å². The van der Waals surface area contributed by atoms with E-state index in [2.05, 4.69) is 49.6 Å². The summed E-state index contributed by atoms with van der Waals surface area (Å²) in [4.78, 5) is 14.0. The zero-order chi connectivity index (χ0) is 21.0. The highest BCUT2D eigenvalue weighted by Gasteiger charge is 2.26. The molecule has 0 saturated carbocycles. The number of hydrogen-bond donors (Lipinski definition) is 2. The van der Waals surface area contributed by atoms with Gasteiger partial charge in [-0.25, -0.2) is 4.79 Å². The monoisotopic (exact) mass is 430 g/mol. The Balaban J connectivity index is 1.79. The van der Waals surface area contributed by atoms with Crippen molar-refractivity contribution in [2.45, 2.75) is 65.8 Å². The van der Waals surface area contributed by atoms with E-state index in [0.29, 0.717) is 17.3 Å². The number of fused-ring (bicyclic) bond motifs is 1. The minimum atomic E-state index is -0.250. The maximum atomic E-state index is 12.7. The zero-order valence-electron chi connectivity index (χ0n) is 17.7. The van der Waals surface area contributed by atoms with Crippen LogP contribution in [0.1, 0.15) is 76.6 Å². The van der Waals surface area contributed by atoms with Crippen LogP contribution in [0.5, 0.6) is 0 Å². The van der Waals surface area contributed by atoms with Crippen molar-refractivity contribution in [3.05, 3.63) is 50.9 Å². The molecule has 1 aliphatic carbocycles. The van der Waals surface area contributed by atoms with E-state index in [0.717, 1.165) is 29.8 Å². The van der Waals surface area contributed by atoms with Crippen LogP contribution in [0.4, 0.5) is 5.00 Å². The summed E-state index contributed by atoms with van der Waals surface area (Å²) in [5, 5.41) is 8.00. The van der Waals surface area contributed by atoms with Gasteiger partial charge in [-0.1, -0.05) is 30.2 Å². The molecule has 1 heterocycles. The number of esters is 1. The van der Waals surface area contributed by atoms with Gasteiger partial charge in [0.05, 0.1) is 18.2 Å². The van der Waals surface area contributed by atoms with Gasteiger partial charge in [0.2, 0.25) is 0 Å². The van der Waals surface area contributed by atoms with Crippen molar-refractivity contribution in [1.29, 1.82) is 0 Å². The zero-order valence-corrected chi connectivity index (χ0v) is 19.3. The van der Waals surface area contributed by atoms with Gasteiger partial charge in [0.25, 0.3) is 0 Å². The second-order valence-corrected chi connectivity index (χ2v) is 9.18. The number of benzene rings is 1. The highest BCUT2D eigenvalue weighted by Crippen LogP contribution is 2.38. The number of aryl methyl sites for hydroxylation is 3. The molecule has 4 nitrogen and oxygen atoms in total. The molecular formula is C23H30N2O2S2. The topological polar surface area (TPSA) is 50.4 Å². The van der Waals surface area contributed by atoms with Gasteiger partial charge in [-0.3, -0.25) is 0 Å². The first-order valence-electron chi connectivity index (χ1n) is 10.4. The Morgan fingerprint density at radius 2 is 2.00 bits per heavy atom. The lowest BCUT2D eigenvalue weighted by molar-refractivity contribution is 0.0527. The molecule has 6 heteroatoms. The number of ether oxygens (including phenoxy) is 1. The third-order valence-electron chi connectivity index (χ3n) is 5.37. The first-order chi connectivity index (χ1) is 13.9. The Morgan fingerprint density at radius 1 is 1.24 bits per heavy atom. The fraction of sp³-hybridized carbons (Fsp3) is 0.478. The molecule has 0 aliphatic heterocycles. The number of nitrogens with one attached hydrogen (secondary N) is 2. The van der Waals surface area contributed by atoms with Gasteiger partial charge in [-0.2, -0.15) is 0 Å². The molecular weight excluding hydrogens is 400 g/mol. The lowest BCUT2D eigenvalue weighted by Gasteiger charge is -2.19. The average Bonchev–Trinajstić information content (AvgIpc) is 2.82. The largest absolute Gasteiger partial charge is 0.462 e. The van der Waals surface area contributed by atoms with Crippen LogP contribution in [0.25, 0.3) is 0 Å². The number of thiocarbonyl (C=S) groups is 1. The second kappa shape index (κ2) is 9.72. The van der Waals surface area contributed by atoms with Crippen molar-refractivity contribution < 1.29 is 9.53 Å². The molecule has 1 aromatic carbocycles. The van der Waals surface area contributed by atoms with Crippen molar-refractivity contribution in [3.8, 4) is 0 Å². The van der Waals surface area contributed by atoms with Crippen LogP contribution in [0.15, 0.2) is 18.2 Å². The molecule has 1 unspecified atom stereocenters. The third-order valence-corrected chi connectivity index (χ3v) is 6.79. The maximum Gasteiger partial charge on any atom is 0.341 e. The molecule has 3 rings (SSSR count). The number of anilines is 1. The molecule has 29 heavy (non-hydrogen) atoms. The summed E-state index contributed by atoms with van der Waals surface area (Å²) in [5.74, 6) is -0.250. The maximum absolute atomic E-state index is 12.7. The summed E-state index contributed by atoms with van der Waals surface area (Å²) in [6, 6.07) is 6.51. The van der Waals surface area contributed by atoms with E-state index in [1.165, 1.54) is 34.4 Å². The fourth-order valence-electron chi connectivity index (χ4n) is 3.97. The highest BCUT2D eigenvalue weighted by molar-refractivity contribution is 7.80. The molecule has 1 aliphatic rings. The van der Waals surface area contributed by atoms with Crippen molar-refractivity contribution >= 4 is 39.6 Å². The summed E-state index contributed by atoms with van der Waals surface area (Å²) >= 11 is 7.24. The quantitative estimate of drug-likeness (QED) is 0.354. The van der Waals surface area contributed by atoms with Gasteiger partial charge in [0.15, 0.2) is 5.11 Å². The lowest BCUT2D eigenvalue weighted by atomic mass is 10.0. The van der Waals surface area contributed by atoms with E-state index in [1.807, 2.05) is 6.92 Å². The minimum absolute atomic E-state index is 0.0689. The third kappa shape index (κ3) is 5.17. The van der Waals surface area contributed by atoms with E-state index in [1.54, 1.807) is 11.3 Å². The van der Waals surface area contributed by atoms with Gasteiger partial charge in [-0.15, -0.1) is 11.3 Å². The first-order valence-corrected chi connectivity index (χ1v) is 11.6. The fourth-order valence-corrected chi connectivity index (χ4v) is 5.60. The van der Waals surface area contributed by atoms with Crippen LogP contribution in [-0.4, -0.2) is 17.7 Å². The predicted octanol–water partition coefficient (Wildman–Crippen LogP) is 5.86. The molecule has 2 N–H and O–H groups in total. The van der Waals surface area contributed by atoms with Crippen LogP contribution in [0.2, 0.25) is 0 Å². The molecule has 1 atom stereocenters.